The summed E-state index contributed by atoms with van der Waals surface area (Å²) in [6, 6.07) is 8.08. The smallest absolute Gasteiger partial charge is 0.245 e. The Morgan fingerprint density at radius 2 is 2.19 bits per heavy atom. The highest BCUT2D eigenvalue weighted by molar-refractivity contribution is 5.99. The molecule has 0 bridgehead atoms. The average Bonchev–Trinajstić information content (AvgIpc) is 2.96. The normalized spacial score (nSPS) is 11.5. The van der Waals surface area contributed by atoms with E-state index in [4.69, 9.17) is 0 Å². The largest absolute Gasteiger partial charge is 0.361 e. The molecule has 0 unspecified atom stereocenters. The summed E-state index contributed by atoms with van der Waals surface area (Å²) >= 11 is 0. The minimum atomic E-state index is 0.505. The van der Waals surface area contributed by atoms with Gasteiger partial charge in [0.1, 0.15) is 6.33 Å². The van der Waals surface area contributed by atoms with Gasteiger partial charge in [-0.05, 0) is 6.07 Å². The molecule has 3 rings (SSSR count). The summed E-state index contributed by atoms with van der Waals surface area (Å²) in [5, 5.41) is 7.55. The zero-order valence-corrected chi connectivity index (χ0v) is 8.38. The highest BCUT2D eigenvalue weighted by Crippen LogP contribution is 2.16. The Kier molecular flexibility index (Phi) is 2.00. The van der Waals surface area contributed by atoms with Crippen LogP contribution in [0, 0.1) is 0 Å². The molecular formula is C11H9N5. The first-order valence-electron chi connectivity index (χ1n) is 4.89. The maximum atomic E-state index is 4.18. The average molecular weight is 211 g/mol. The summed E-state index contributed by atoms with van der Waals surface area (Å²) in [5.41, 5.74) is 2.13. The fourth-order valence-corrected chi connectivity index (χ4v) is 1.59. The summed E-state index contributed by atoms with van der Waals surface area (Å²) < 4.78 is 0. The number of aromatic amines is 2. The van der Waals surface area contributed by atoms with Gasteiger partial charge in [0.05, 0.1) is 0 Å². The van der Waals surface area contributed by atoms with Crippen molar-refractivity contribution in [2.24, 2.45) is 4.99 Å². The molecule has 78 valence electrons. The first kappa shape index (κ1) is 8.84. The van der Waals surface area contributed by atoms with E-state index in [1.807, 2.05) is 30.5 Å². The molecule has 3 aromatic rings. The summed E-state index contributed by atoms with van der Waals surface area (Å²) in [6.07, 6.45) is 5.12. The van der Waals surface area contributed by atoms with Crippen molar-refractivity contribution in [3.05, 3.63) is 42.4 Å². The Labute approximate surface area is 91.3 Å². The lowest BCUT2D eigenvalue weighted by molar-refractivity contribution is 1.08. The van der Waals surface area contributed by atoms with E-state index in [2.05, 4.69) is 25.2 Å². The molecule has 0 atom stereocenters. The summed E-state index contributed by atoms with van der Waals surface area (Å²) in [5.74, 6) is 0.505. The van der Waals surface area contributed by atoms with Gasteiger partial charge >= 0.3 is 0 Å². The zero-order valence-electron chi connectivity index (χ0n) is 8.38. The number of benzene rings is 1. The summed E-state index contributed by atoms with van der Waals surface area (Å²) in [4.78, 5) is 11.3. The van der Waals surface area contributed by atoms with Gasteiger partial charge in [0.25, 0.3) is 0 Å². The molecule has 0 spiro atoms. The minimum absolute atomic E-state index is 0.505. The molecular weight excluding hydrogens is 202 g/mol. The van der Waals surface area contributed by atoms with Gasteiger partial charge in [0, 0.05) is 28.9 Å². The van der Waals surface area contributed by atoms with E-state index in [1.54, 1.807) is 6.21 Å². The third-order valence-electron chi connectivity index (χ3n) is 2.35. The summed E-state index contributed by atoms with van der Waals surface area (Å²) in [7, 11) is 0. The highest BCUT2D eigenvalue weighted by atomic mass is 15.2. The van der Waals surface area contributed by atoms with Crippen molar-refractivity contribution in [2.45, 2.75) is 0 Å². The van der Waals surface area contributed by atoms with Gasteiger partial charge in [0.15, 0.2) is 0 Å². The number of hydrogen-bond donors (Lipinski definition) is 2. The molecule has 5 nitrogen and oxygen atoms in total. The SMILES string of the molecule is C(=N\c1ncn[nH]1)/c1c[nH]c2ccccc12. The number of H-pyrrole nitrogens is 2. The van der Waals surface area contributed by atoms with Crippen LogP contribution in [0.2, 0.25) is 0 Å². The number of nitrogens with one attached hydrogen (secondary N) is 2. The van der Waals surface area contributed by atoms with Crippen LogP contribution in [0.4, 0.5) is 5.95 Å². The van der Waals surface area contributed by atoms with Crippen molar-refractivity contribution in [1.82, 2.24) is 20.2 Å². The maximum Gasteiger partial charge on any atom is 0.245 e. The van der Waals surface area contributed by atoms with Crippen LogP contribution < -0.4 is 0 Å². The highest BCUT2D eigenvalue weighted by Gasteiger charge is 1.99. The van der Waals surface area contributed by atoms with Gasteiger partial charge < -0.3 is 4.98 Å². The van der Waals surface area contributed by atoms with Crippen molar-refractivity contribution in [3.8, 4) is 0 Å². The van der Waals surface area contributed by atoms with Crippen molar-refractivity contribution < 1.29 is 0 Å². The van der Waals surface area contributed by atoms with E-state index < -0.39 is 0 Å². The lowest BCUT2D eigenvalue weighted by Gasteiger charge is -1.89. The molecule has 1 aromatic carbocycles. The van der Waals surface area contributed by atoms with E-state index in [1.165, 1.54) is 6.33 Å². The van der Waals surface area contributed by atoms with Gasteiger partial charge in [-0.3, -0.25) is 0 Å². The van der Waals surface area contributed by atoms with Gasteiger partial charge in [-0.2, -0.15) is 10.1 Å². The Balaban J connectivity index is 2.01. The standard InChI is InChI=1S/C11H9N5/c1-2-4-10-9(3-1)8(5-12-10)6-13-11-14-7-15-16-11/h1-7,12H,(H,14,15,16)/b13-6+. The Hall–Kier alpha value is -2.43. The van der Waals surface area contributed by atoms with Crippen molar-refractivity contribution in [1.29, 1.82) is 0 Å². The number of aromatic nitrogens is 4. The molecule has 2 aromatic heterocycles. The van der Waals surface area contributed by atoms with Crippen LogP contribution in [-0.4, -0.2) is 26.4 Å². The maximum absolute atomic E-state index is 4.18. The lowest BCUT2D eigenvalue weighted by atomic mass is 10.2. The second-order valence-electron chi connectivity index (χ2n) is 3.36. The van der Waals surface area contributed by atoms with Crippen LogP contribution in [0.25, 0.3) is 10.9 Å². The topological polar surface area (TPSA) is 69.7 Å². The predicted molar refractivity (Wildman–Crippen MR) is 61.9 cm³/mol. The molecule has 2 N–H and O–H groups in total. The molecule has 0 saturated carbocycles. The van der Waals surface area contributed by atoms with E-state index in [0.29, 0.717) is 5.95 Å². The number of nitrogens with zero attached hydrogens (tertiary/aromatic N) is 3. The van der Waals surface area contributed by atoms with Crippen molar-refractivity contribution in [2.75, 3.05) is 0 Å². The molecule has 16 heavy (non-hydrogen) atoms. The van der Waals surface area contributed by atoms with Crippen LogP contribution in [0.3, 0.4) is 0 Å². The number of para-hydroxylation sites is 1. The fraction of sp³-hybridized carbons (Fsp3) is 0. The van der Waals surface area contributed by atoms with E-state index in [9.17, 15) is 0 Å². The van der Waals surface area contributed by atoms with Gasteiger partial charge in [-0.25, -0.2) is 10.1 Å². The van der Waals surface area contributed by atoms with Gasteiger partial charge in [-0.15, -0.1) is 0 Å². The van der Waals surface area contributed by atoms with E-state index in [-0.39, 0.29) is 0 Å². The number of hydrogen-bond acceptors (Lipinski definition) is 3. The van der Waals surface area contributed by atoms with Crippen LogP contribution in [0.1, 0.15) is 5.56 Å². The monoisotopic (exact) mass is 211 g/mol. The Bertz CT molecular complexity index is 621. The zero-order chi connectivity index (χ0) is 10.8. The molecule has 0 fully saturated rings. The van der Waals surface area contributed by atoms with Crippen molar-refractivity contribution >= 4 is 23.1 Å². The molecule has 0 amide bonds. The fourth-order valence-electron chi connectivity index (χ4n) is 1.59. The molecule has 5 heteroatoms. The van der Waals surface area contributed by atoms with E-state index >= 15 is 0 Å². The predicted octanol–water partition coefficient (Wildman–Crippen LogP) is 2.04. The number of rotatable bonds is 2. The third kappa shape index (κ3) is 1.48. The third-order valence-corrected chi connectivity index (χ3v) is 2.35. The van der Waals surface area contributed by atoms with Crippen LogP contribution in [-0.2, 0) is 0 Å². The quantitative estimate of drug-likeness (QED) is 0.637. The molecule has 0 saturated heterocycles. The molecule has 0 aliphatic carbocycles. The number of aliphatic imine (C=N–C) groups is 1. The molecule has 0 aliphatic heterocycles. The minimum Gasteiger partial charge on any atom is -0.361 e. The van der Waals surface area contributed by atoms with Crippen LogP contribution in [0.15, 0.2) is 41.8 Å². The Morgan fingerprint density at radius 3 is 3.06 bits per heavy atom. The molecule has 0 radical (unpaired) electrons. The van der Waals surface area contributed by atoms with E-state index in [0.717, 1.165) is 16.5 Å². The van der Waals surface area contributed by atoms with Crippen LogP contribution in [0.5, 0.6) is 0 Å². The first-order chi connectivity index (χ1) is 7.93. The Morgan fingerprint density at radius 1 is 1.25 bits per heavy atom. The van der Waals surface area contributed by atoms with Crippen LogP contribution >= 0.6 is 0 Å². The lowest BCUT2D eigenvalue weighted by Crippen LogP contribution is -1.77. The molecule has 2 heterocycles. The molecule has 0 aliphatic rings. The van der Waals surface area contributed by atoms with Gasteiger partial charge in [-0.1, -0.05) is 18.2 Å². The van der Waals surface area contributed by atoms with Gasteiger partial charge in [0.2, 0.25) is 5.95 Å². The van der Waals surface area contributed by atoms with Crippen molar-refractivity contribution in [3.63, 3.8) is 0 Å². The second-order valence-corrected chi connectivity index (χ2v) is 3.36. The number of fused-ring (bicyclic) bond motifs is 1. The summed E-state index contributed by atoms with van der Waals surface area (Å²) in [6.45, 7) is 0. The first-order valence-corrected chi connectivity index (χ1v) is 4.89. The second kappa shape index (κ2) is 3.62.